The van der Waals surface area contributed by atoms with Gasteiger partial charge in [-0.2, -0.15) is 0 Å². The molecule has 52 valence electrons. The molecular formula is C7H13NO. The van der Waals surface area contributed by atoms with E-state index in [0.29, 0.717) is 6.10 Å². The monoisotopic (exact) mass is 127 g/mol. The zero-order valence-electron chi connectivity index (χ0n) is 5.68. The summed E-state index contributed by atoms with van der Waals surface area (Å²) >= 11 is 0. The molecule has 0 saturated carbocycles. The lowest BCUT2D eigenvalue weighted by atomic mass is 10.1. The van der Waals surface area contributed by atoms with E-state index in [9.17, 15) is 0 Å². The summed E-state index contributed by atoms with van der Waals surface area (Å²) in [6.07, 6.45) is 3.13. The molecule has 0 N–H and O–H groups in total. The molecule has 2 bridgehead atoms. The first-order valence-electron chi connectivity index (χ1n) is 3.79. The summed E-state index contributed by atoms with van der Waals surface area (Å²) in [4.78, 5) is 2.49. The van der Waals surface area contributed by atoms with Crippen molar-refractivity contribution in [1.82, 2.24) is 4.90 Å². The Balaban J connectivity index is 2.03. The molecule has 0 unspecified atom stereocenters. The van der Waals surface area contributed by atoms with E-state index in [4.69, 9.17) is 4.74 Å². The molecule has 2 nitrogen and oxygen atoms in total. The van der Waals surface area contributed by atoms with E-state index in [1.807, 2.05) is 0 Å². The highest BCUT2D eigenvalue weighted by atomic mass is 16.5. The fraction of sp³-hybridized carbons (Fsp3) is 1.00. The standard InChI is InChI=1S/C7H13NO/c1-3-8-4-2-7(1)9-6-5-8/h7H,1-6H2. The van der Waals surface area contributed by atoms with Gasteiger partial charge in [0.15, 0.2) is 0 Å². The SMILES string of the molecule is C1CN2CCC(CC2)O1. The molecule has 0 atom stereocenters. The Morgan fingerprint density at radius 1 is 1.11 bits per heavy atom. The summed E-state index contributed by atoms with van der Waals surface area (Å²) in [6.45, 7) is 4.66. The molecule has 0 spiro atoms. The topological polar surface area (TPSA) is 12.5 Å². The maximum Gasteiger partial charge on any atom is 0.0600 e. The van der Waals surface area contributed by atoms with Gasteiger partial charge in [0, 0.05) is 19.6 Å². The van der Waals surface area contributed by atoms with Gasteiger partial charge in [-0.1, -0.05) is 0 Å². The second-order valence-corrected chi connectivity index (χ2v) is 2.91. The molecule has 3 aliphatic heterocycles. The third-order valence-electron chi connectivity index (χ3n) is 2.30. The van der Waals surface area contributed by atoms with E-state index >= 15 is 0 Å². The molecule has 3 heterocycles. The van der Waals surface area contributed by atoms with Crippen LogP contribution in [-0.2, 0) is 4.74 Å². The third-order valence-corrected chi connectivity index (χ3v) is 2.30. The van der Waals surface area contributed by atoms with Crippen LogP contribution in [-0.4, -0.2) is 37.2 Å². The second kappa shape index (κ2) is 2.27. The Morgan fingerprint density at radius 2 is 1.89 bits per heavy atom. The van der Waals surface area contributed by atoms with E-state index in [1.165, 1.54) is 25.9 Å². The molecule has 9 heavy (non-hydrogen) atoms. The number of fused-ring (bicyclic) bond motifs is 4. The second-order valence-electron chi connectivity index (χ2n) is 2.91. The Labute approximate surface area is 55.8 Å². The molecule has 2 heteroatoms. The number of piperidine rings is 1. The molecule has 0 aromatic carbocycles. The van der Waals surface area contributed by atoms with Crippen molar-refractivity contribution in [1.29, 1.82) is 0 Å². The minimum Gasteiger partial charge on any atom is -0.377 e. The molecule has 0 aromatic rings. The summed E-state index contributed by atoms with van der Waals surface area (Å²) in [7, 11) is 0. The minimum absolute atomic E-state index is 0.601. The fourth-order valence-electron chi connectivity index (χ4n) is 1.65. The molecule has 3 saturated heterocycles. The van der Waals surface area contributed by atoms with Gasteiger partial charge < -0.3 is 9.64 Å². The van der Waals surface area contributed by atoms with Crippen LogP contribution in [0.5, 0.6) is 0 Å². The average Bonchev–Trinajstić information content (AvgIpc) is 2.21. The van der Waals surface area contributed by atoms with Crippen LogP contribution < -0.4 is 0 Å². The number of rotatable bonds is 0. The molecule has 3 aliphatic rings. The molecule has 0 amide bonds. The van der Waals surface area contributed by atoms with Gasteiger partial charge in [-0.15, -0.1) is 0 Å². The predicted molar refractivity (Wildman–Crippen MR) is 35.4 cm³/mol. The lowest BCUT2D eigenvalue weighted by molar-refractivity contribution is 0.0618. The highest BCUT2D eigenvalue weighted by Gasteiger charge is 2.22. The van der Waals surface area contributed by atoms with E-state index in [1.54, 1.807) is 0 Å². The Hall–Kier alpha value is -0.0800. The zero-order valence-corrected chi connectivity index (χ0v) is 5.68. The summed E-state index contributed by atoms with van der Waals surface area (Å²) in [6, 6.07) is 0. The lowest BCUT2D eigenvalue weighted by Gasteiger charge is -2.24. The van der Waals surface area contributed by atoms with Crippen LogP contribution in [0, 0.1) is 0 Å². The Morgan fingerprint density at radius 3 is 2.67 bits per heavy atom. The van der Waals surface area contributed by atoms with Crippen LogP contribution in [0.1, 0.15) is 12.8 Å². The van der Waals surface area contributed by atoms with E-state index < -0.39 is 0 Å². The molecule has 3 rings (SSSR count). The van der Waals surface area contributed by atoms with Crippen LogP contribution in [0.2, 0.25) is 0 Å². The predicted octanol–water partition coefficient (Wildman–Crippen LogP) is 0.481. The quantitative estimate of drug-likeness (QED) is 0.469. The molecule has 3 fully saturated rings. The first kappa shape index (κ1) is 5.69. The van der Waals surface area contributed by atoms with Crippen LogP contribution in [0.25, 0.3) is 0 Å². The van der Waals surface area contributed by atoms with Crippen molar-refractivity contribution in [3.63, 3.8) is 0 Å². The van der Waals surface area contributed by atoms with Crippen LogP contribution >= 0.6 is 0 Å². The molecule has 0 radical (unpaired) electrons. The van der Waals surface area contributed by atoms with Crippen molar-refractivity contribution < 1.29 is 4.74 Å². The van der Waals surface area contributed by atoms with Gasteiger partial charge >= 0.3 is 0 Å². The molecule has 0 aliphatic carbocycles. The fourth-order valence-corrected chi connectivity index (χ4v) is 1.65. The van der Waals surface area contributed by atoms with Crippen molar-refractivity contribution >= 4 is 0 Å². The maximum atomic E-state index is 5.55. The van der Waals surface area contributed by atoms with Crippen molar-refractivity contribution in [3.8, 4) is 0 Å². The van der Waals surface area contributed by atoms with Crippen LogP contribution in [0.4, 0.5) is 0 Å². The van der Waals surface area contributed by atoms with E-state index in [2.05, 4.69) is 4.90 Å². The number of hydrogen-bond donors (Lipinski definition) is 0. The van der Waals surface area contributed by atoms with Crippen LogP contribution in [0.15, 0.2) is 0 Å². The first-order chi connectivity index (χ1) is 4.45. The molecule has 0 aromatic heterocycles. The smallest absolute Gasteiger partial charge is 0.0600 e. The largest absolute Gasteiger partial charge is 0.377 e. The normalized spacial score (nSPS) is 42.7. The van der Waals surface area contributed by atoms with Crippen molar-refractivity contribution in [2.75, 3.05) is 26.2 Å². The van der Waals surface area contributed by atoms with Gasteiger partial charge in [-0.3, -0.25) is 0 Å². The van der Waals surface area contributed by atoms with E-state index in [0.717, 1.165) is 13.2 Å². The zero-order chi connectivity index (χ0) is 6.10. The van der Waals surface area contributed by atoms with Crippen molar-refractivity contribution in [2.45, 2.75) is 18.9 Å². The minimum atomic E-state index is 0.601. The number of ether oxygens (including phenoxy) is 1. The highest BCUT2D eigenvalue weighted by Crippen LogP contribution is 2.16. The average molecular weight is 127 g/mol. The van der Waals surface area contributed by atoms with Crippen LogP contribution in [0.3, 0.4) is 0 Å². The summed E-state index contributed by atoms with van der Waals surface area (Å²) < 4.78 is 5.55. The lowest BCUT2D eigenvalue weighted by Crippen LogP contribution is -2.32. The number of nitrogens with zero attached hydrogens (tertiary/aromatic N) is 1. The summed E-state index contributed by atoms with van der Waals surface area (Å²) in [5, 5.41) is 0. The van der Waals surface area contributed by atoms with Gasteiger partial charge in [-0.25, -0.2) is 0 Å². The number of hydrogen-bond acceptors (Lipinski definition) is 2. The van der Waals surface area contributed by atoms with E-state index in [-0.39, 0.29) is 0 Å². The first-order valence-corrected chi connectivity index (χ1v) is 3.79. The van der Waals surface area contributed by atoms with Gasteiger partial charge in [0.2, 0.25) is 0 Å². The van der Waals surface area contributed by atoms with Gasteiger partial charge in [0.05, 0.1) is 12.7 Å². The van der Waals surface area contributed by atoms with Crippen molar-refractivity contribution in [3.05, 3.63) is 0 Å². The summed E-state index contributed by atoms with van der Waals surface area (Å²) in [5.74, 6) is 0. The van der Waals surface area contributed by atoms with Crippen molar-refractivity contribution in [2.24, 2.45) is 0 Å². The van der Waals surface area contributed by atoms with Gasteiger partial charge in [0.25, 0.3) is 0 Å². The Kier molecular flexibility index (Phi) is 1.44. The summed E-state index contributed by atoms with van der Waals surface area (Å²) in [5.41, 5.74) is 0. The Bertz CT molecular complexity index is 79.6. The third kappa shape index (κ3) is 1.10. The highest BCUT2D eigenvalue weighted by molar-refractivity contribution is 4.75. The molecular weight excluding hydrogens is 114 g/mol. The van der Waals surface area contributed by atoms with Gasteiger partial charge in [-0.05, 0) is 12.8 Å². The maximum absolute atomic E-state index is 5.55. The van der Waals surface area contributed by atoms with Gasteiger partial charge in [0.1, 0.15) is 0 Å².